The summed E-state index contributed by atoms with van der Waals surface area (Å²) < 4.78 is 7.43. The maximum Gasteiger partial charge on any atom is 0.312 e. The molecule has 4 rings (SSSR count). The lowest BCUT2D eigenvalue weighted by Gasteiger charge is -2.40. The van der Waals surface area contributed by atoms with Crippen LogP contribution in [0.2, 0.25) is 0 Å². The first kappa shape index (κ1) is 23.7. The molecule has 0 N–H and O–H groups in total. The minimum Gasteiger partial charge on any atom is -0.469 e. The zero-order chi connectivity index (χ0) is 24.0. The van der Waals surface area contributed by atoms with Crippen LogP contribution in [0.5, 0.6) is 0 Å². The molecule has 1 fully saturated rings. The average molecular weight is 457 g/mol. The van der Waals surface area contributed by atoms with Crippen LogP contribution in [-0.4, -0.2) is 47.2 Å². The van der Waals surface area contributed by atoms with Crippen LogP contribution in [0.25, 0.3) is 0 Å². The number of aromatic nitrogens is 2. The van der Waals surface area contributed by atoms with E-state index in [9.17, 15) is 4.79 Å². The summed E-state index contributed by atoms with van der Waals surface area (Å²) in [5.41, 5.74) is 5.01. The quantitative estimate of drug-likeness (QED) is 0.476. The van der Waals surface area contributed by atoms with Crippen molar-refractivity contribution in [1.29, 1.82) is 5.26 Å². The van der Waals surface area contributed by atoms with E-state index in [1.807, 2.05) is 48.9 Å². The number of likely N-dealkylation sites (tertiary alicyclic amines) is 1. The Labute approximate surface area is 201 Å². The highest BCUT2D eigenvalue weighted by Crippen LogP contribution is 2.37. The average Bonchev–Trinajstić information content (AvgIpc) is 3.31. The molecular weight excluding hydrogens is 424 g/mol. The molecule has 1 aliphatic rings. The maximum atomic E-state index is 12.8. The molecule has 0 aliphatic carbocycles. The van der Waals surface area contributed by atoms with Gasteiger partial charge in [-0.2, -0.15) is 5.26 Å². The van der Waals surface area contributed by atoms with Gasteiger partial charge in [0.15, 0.2) is 0 Å². The molecule has 6 nitrogen and oxygen atoms in total. The normalized spacial score (nSPS) is 15.6. The fourth-order valence-electron chi connectivity index (χ4n) is 4.90. The van der Waals surface area contributed by atoms with Crippen molar-refractivity contribution in [1.82, 2.24) is 14.5 Å². The first-order valence-electron chi connectivity index (χ1n) is 11.9. The number of hydrogen-bond acceptors (Lipinski definition) is 5. The first-order chi connectivity index (χ1) is 16.5. The van der Waals surface area contributed by atoms with Crippen molar-refractivity contribution in [3.8, 4) is 6.07 Å². The van der Waals surface area contributed by atoms with Crippen LogP contribution in [0.3, 0.4) is 0 Å². The molecule has 0 amide bonds. The number of nitriles is 1. The number of benzene rings is 2. The van der Waals surface area contributed by atoms with Gasteiger partial charge in [0.25, 0.3) is 0 Å². The maximum absolute atomic E-state index is 12.8. The van der Waals surface area contributed by atoms with Gasteiger partial charge in [0.2, 0.25) is 0 Å². The molecule has 0 unspecified atom stereocenters. The zero-order valence-corrected chi connectivity index (χ0v) is 20.0. The largest absolute Gasteiger partial charge is 0.469 e. The van der Waals surface area contributed by atoms with Crippen LogP contribution in [0.1, 0.15) is 40.8 Å². The second kappa shape index (κ2) is 10.7. The van der Waals surface area contributed by atoms with Gasteiger partial charge < -0.3 is 14.2 Å². The van der Waals surface area contributed by atoms with Gasteiger partial charge in [-0.1, -0.05) is 36.4 Å². The van der Waals surface area contributed by atoms with Crippen molar-refractivity contribution in [2.24, 2.45) is 5.41 Å². The second-order valence-corrected chi connectivity index (χ2v) is 9.29. The van der Waals surface area contributed by atoms with Gasteiger partial charge in [0, 0.05) is 31.4 Å². The van der Waals surface area contributed by atoms with E-state index in [0.29, 0.717) is 5.56 Å². The van der Waals surface area contributed by atoms with Crippen LogP contribution in [0.4, 0.5) is 0 Å². The molecule has 34 heavy (non-hydrogen) atoms. The number of methoxy groups -OCH3 is 1. The molecule has 6 heteroatoms. The van der Waals surface area contributed by atoms with Crippen molar-refractivity contribution < 1.29 is 9.53 Å². The van der Waals surface area contributed by atoms with Gasteiger partial charge in [0.05, 0.1) is 30.5 Å². The van der Waals surface area contributed by atoms with Gasteiger partial charge in [-0.15, -0.1) is 0 Å². The summed E-state index contributed by atoms with van der Waals surface area (Å²) in [5, 5.41) is 8.99. The van der Waals surface area contributed by atoms with Gasteiger partial charge >= 0.3 is 5.97 Å². The Balaban J connectivity index is 1.36. The molecule has 2 heterocycles. The topological polar surface area (TPSA) is 71.2 Å². The Morgan fingerprint density at radius 1 is 1.15 bits per heavy atom. The van der Waals surface area contributed by atoms with E-state index < -0.39 is 5.41 Å². The van der Waals surface area contributed by atoms with Crippen LogP contribution in [0.15, 0.2) is 61.1 Å². The summed E-state index contributed by atoms with van der Waals surface area (Å²) in [6.07, 6.45) is 7.05. The predicted octanol–water partition coefficient (Wildman–Crippen LogP) is 4.15. The summed E-state index contributed by atoms with van der Waals surface area (Å²) in [6.45, 7) is 5.54. The number of imidazole rings is 1. The monoisotopic (exact) mass is 456 g/mol. The predicted molar refractivity (Wildman–Crippen MR) is 131 cm³/mol. The SMILES string of the molecule is COC(=O)C1(Cc2ccccc2C)CCN(CCc2cncn2Cc2ccc(C#N)cc2)CC1. The van der Waals surface area contributed by atoms with E-state index in [1.54, 1.807) is 0 Å². The summed E-state index contributed by atoms with van der Waals surface area (Å²) in [5.74, 6) is -0.0871. The van der Waals surface area contributed by atoms with Crippen molar-refractivity contribution in [2.75, 3.05) is 26.7 Å². The minimum atomic E-state index is -0.450. The molecule has 1 aliphatic heterocycles. The highest BCUT2D eigenvalue weighted by atomic mass is 16.5. The standard InChI is InChI=1S/C28H32N4O2/c1-22-5-3-4-6-25(22)17-28(27(33)34-2)12-15-31(16-13-28)14-11-26-19-30-21-32(26)20-24-9-7-23(18-29)8-10-24/h3-10,19,21H,11-17,20H2,1-2H3. The fraction of sp³-hybridized carbons (Fsp3) is 0.393. The molecule has 176 valence electrons. The van der Waals surface area contributed by atoms with E-state index in [1.165, 1.54) is 23.9 Å². The summed E-state index contributed by atoms with van der Waals surface area (Å²) in [6, 6.07) is 18.2. The van der Waals surface area contributed by atoms with Gasteiger partial charge in [-0.3, -0.25) is 4.79 Å². The highest BCUT2D eigenvalue weighted by molar-refractivity contribution is 5.77. The summed E-state index contributed by atoms with van der Waals surface area (Å²) in [7, 11) is 1.50. The summed E-state index contributed by atoms with van der Waals surface area (Å²) >= 11 is 0. The van der Waals surface area contributed by atoms with E-state index >= 15 is 0 Å². The lowest BCUT2D eigenvalue weighted by Crippen LogP contribution is -2.46. The Hall–Kier alpha value is -3.43. The molecule has 2 aromatic carbocycles. The van der Waals surface area contributed by atoms with Crippen molar-refractivity contribution >= 4 is 5.97 Å². The molecule has 0 atom stereocenters. The highest BCUT2D eigenvalue weighted by Gasteiger charge is 2.42. The minimum absolute atomic E-state index is 0.0871. The number of ether oxygens (including phenoxy) is 1. The zero-order valence-electron chi connectivity index (χ0n) is 20.0. The Morgan fingerprint density at radius 2 is 1.88 bits per heavy atom. The van der Waals surface area contributed by atoms with Crippen LogP contribution >= 0.6 is 0 Å². The fourth-order valence-corrected chi connectivity index (χ4v) is 4.90. The van der Waals surface area contributed by atoms with Gasteiger partial charge in [-0.05, 0) is 68.1 Å². The molecule has 0 spiro atoms. The number of rotatable bonds is 8. The van der Waals surface area contributed by atoms with E-state index in [0.717, 1.165) is 57.4 Å². The van der Waals surface area contributed by atoms with Crippen LogP contribution in [-0.2, 0) is 28.9 Å². The number of nitrogens with zero attached hydrogens (tertiary/aromatic N) is 4. The molecule has 3 aromatic rings. The third kappa shape index (κ3) is 5.37. The smallest absolute Gasteiger partial charge is 0.312 e. The van der Waals surface area contributed by atoms with E-state index in [2.05, 4.69) is 39.6 Å². The molecule has 1 aromatic heterocycles. The third-order valence-corrected chi connectivity index (χ3v) is 7.14. The number of esters is 1. The third-order valence-electron chi connectivity index (χ3n) is 7.14. The second-order valence-electron chi connectivity index (χ2n) is 9.29. The first-order valence-corrected chi connectivity index (χ1v) is 11.9. The molecule has 0 radical (unpaired) electrons. The molecule has 0 bridgehead atoms. The molecule has 0 saturated carbocycles. The molecular formula is C28H32N4O2. The van der Waals surface area contributed by atoms with Gasteiger partial charge in [-0.25, -0.2) is 4.98 Å². The number of piperidine rings is 1. The Bertz CT molecular complexity index is 1150. The van der Waals surface area contributed by atoms with E-state index in [-0.39, 0.29) is 5.97 Å². The van der Waals surface area contributed by atoms with E-state index in [4.69, 9.17) is 10.00 Å². The summed E-state index contributed by atoms with van der Waals surface area (Å²) in [4.78, 5) is 19.6. The molecule has 1 saturated heterocycles. The number of aryl methyl sites for hydroxylation is 1. The van der Waals surface area contributed by atoms with Crippen molar-refractivity contribution in [2.45, 2.75) is 39.2 Å². The Kier molecular flexibility index (Phi) is 7.44. The van der Waals surface area contributed by atoms with Crippen LogP contribution in [0, 0.1) is 23.7 Å². The number of carbonyl (C=O) groups excluding carboxylic acids is 1. The Morgan fingerprint density at radius 3 is 2.56 bits per heavy atom. The lowest BCUT2D eigenvalue weighted by atomic mass is 9.73. The van der Waals surface area contributed by atoms with Crippen molar-refractivity contribution in [3.05, 3.63) is 89.0 Å². The number of carbonyl (C=O) groups is 1. The van der Waals surface area contributed by atoms with Crippen molar-refractivity contribution in [3.63, 3.8) is 0 Å². The lowest BCUT2D eigenvalue weighted by molar-refractivity contribution is -0.156. The number of hydrogen-bond donors (Lipinski definition) is 0. The van der Waals surface area contributed by atoms with Gasteiger partial charge in [0.1, 0.15) is 0 Å². The van der Waals surface area contributed by atoms with Crippen LogP contribution < -0.4 is 0 Å².